The summed E-state index contributed by atoms with van der Waals surface area (Å²) in [7, 11) is 0. The maximum absolute atomic E-state index is 2.64. The maximum atomic E-state index is 2.64. The Morgan fingerprint density at radius 3 is 0.888 bits per heavy atom. The summed E-state index contributed by atoms with van der Waals surface area (Å²) in [6, 6.07) is 126. The molecule has 538 valence electrons. The van der Waals surface area contributed by atoms with Crippen LogP contribution in [0, 0.1) is 0 Å². The van der Waals surface area contributed by atoms with Gasteiger partial charge in [-0.1, -0.05) is 267 Å². The van der Waals surface area contributed by atoms with Crippen LogP contribution in [-0.2, 0) is 0 Å². The molecule has 12 heterocycles. The predicted molar refractivity (Wildman–Crippen MR) is 486 cm³/mol. The Bertz CT molecular complexity index is 8260. The Kier molecular flexibility index (Phi) is 11.9. The lowest BCUT2D eigenvalue weighted by molar-refractivity contribution is 0.893. The second-order valence-corrected chi connectivity index (χ2v) is 34.1. The van der Waals surface area contributed by atoms with Gasteiger partial charge < -0.3 is 9.13 Å². The van der Waals surface area contributed by atoms with Crippen LogP contribution in [0.25, 0.3) is 177 Å². The van der Waals surface area contributed by atoms with Gasteiger partial charge in [-0.15, -0.1) is 0 Å². The standard InChI is InChI=1S/C108H70B2N6/c1-59-70-36-23-37-71-60(2)83-52-67(56-87-86-55-66(51-82(59)103(86)109(101(70)71)104(83)87)111-90-41-17-11-30-75(90)76-31-12-18-42-91(76)111)112-92-43-19-13-32-77(92)98-74(40-25-47-96(98)112)63-48-49-81-97(50-63)114(65-28-9-6-10-29-65)108-100(81)80-35-16-22-46-95(80)116(108)69-54-85-62(4)73-39-24-38-72-61(3)84-53-68(57-88-89(58-69)106(85)110(102(72)73)105(84)88)115-94-45-21-15-34-79(94)99-78-33-14-20-44-93(78)113(107(99)115)64-26-7-5-8-27-64/h5-62H,1-4H3. The van der Waals surface area contributed by atoms with E-state index in [0.29, 0.717) is 0 Å². The fourth-order valence-corrected chi connectivity index (χ4v) is 24.2. The van der Waals surface area contributed by atoms with Crippen LogP contribution in [0.3, 0.4) is 0 Å². The first kappa shape index (κ1) is 62.5. The highest BCUT2D eigenvalue weighted by atomic mass is 15.2. The predicted octanol–water partition coefficient (Wildman–Crippen LogP) is 22.5. The van der Waals surface area contributed by atoms with E-state index in [9.17, 15) is 0 Å². The molecule has 16 aromatic carbocycles. The van der Waals surface area contributed by atoms with Crippen LogP contribution in [0.1, 0.15) is 95.9 Å². The van der Waals surface area contributed by atoms with Crippen molar-refractivity contribution < 1.29 is 0 Å². The number of hydrogen-bond donors (Lipinski definition) is 0. The van der Waals surface area contributed by atoms with Gasteiger partial charge in [-0.2, -0.15) is 0 Å². The summed E-state index contributed by atoms with van der Waals surface area (Å²) in [4.78, 5) is 0. The summed E-state index contributed by atoms with van der Waals surface area (Å²) < 4.78 is 15.5. The van der Waals surface area contributed by atoms with Crippen molar-refractivity contribution in [3.05, 3.63) is 372 Å². The lowest BCUT2D eigenvalue weighted by Gasteiger charge is -2.37. The van der Waals surface area contributed by atoms with Crippen LogP contribution in [0.4, 0.5) is 0 Å². The lowest BCUT2D eigenvalue weighted by atomic mass is 9.31. The van der Waals surface area contributed by atoms with Crippen molar-refractivity contribution in [2.24, 2.45) is 0 Å². The van der Waals surface area contributed by atoms with Crippen LogP contribution < -0.4 is 32.8 Å². The third kappa shape index (κ3) is 7.59. The average molecular weight is 1470 g/mol. The molecule has 4 atom stereocenters. The number of fused-ring (bicyclic) bond motifs is 18. The van der Waals surface area contributed by atoms with E-state index in [-0.39, 0.29) is 37.1 Å². The Balaban J connectivity index is 0.659. The average Bonchev–Trinajstić information content (AvgIpc) is 1.52. The second kappa shape index (κ2) is 22.0. The quantitative estimate of drug-likeness (QED) is 0.142. The normalized spacial score (nSPS) is 16.2. The van der Waals surface area contributed by atoms with Gasteiger partial charge in [0.2, 0.25) is 13.4 Å². The van der Waals surface area contributed by atoms with Gasteiger partial charge in [0, 0.05) is 112 Å². The van der Waals surface area contributed by atoms with Crippen molar-refractivity contribution in [1.29, 1.82) is 0 Å². The second-order valence-electron chi connectivity index (χ2n) is 34.1. The van der Waals surface area contributed by atoms with E-state index in [2.05, 4.69) is 383 Å². The van der Waals surface area contributed by atoms with Gasteiger partial charge >= 0.3 is 0 Å². The SMILES string of the molecule is CC1c2cc(-n3c4ccccc4c4ccccc43)cc3c2B2c4c-3cc(-n3c5ccccc5c5c(-c6ccc7c8c9ccccc9n(-c9cc%10c%11c(c9)C(C)c9cccc%12c9B%11c9c-%10cc(-n%10c%11ccccc%11c%11c%13ccccc%13n(-c%13ccccc%13)c%11%10)cc9C%12C)c8n(-c8ccccc8)c7c6)cccc53)cc4C(C)c3cccc1c32. The van der Waals surface area contributed by atoms with Gasteiger partial charge in [0.05, 0.1) is 44.1 Å². The van der Waals surface area contributed by atoms with Crippen LogP contribution >= 0.6 is 0 Å². The largest absolute Gasteiger partial charge is 0.309 e. The highest BCUT2D eigenvalue weighted by Crippen LogP contribution is 2.52. The molecule has 22 aromatic rings. The zero-order chi connectivity index (χ0) is 75.7. The molecule has 6 aliphatic rings. The van der Waals surface area contributed by atoms with Crippen LogP contribution in [0.2, 0.25) is 0 Å². The van der Waals surface area contributed by atoms with Crippen LogP contribution in [0.15, 0.2) is 328 Å². The summed E-state index contributed by atoms with van der Waals surface area (Å²) in [6.45, 7) is 10.2. The van der Waals surface area contributed by atoms with E-state index in [4.69, 9.17) is 0 Å². The first-order chi connectivity index (χ1) is 57.3. The number of rotatable bonds is 7. The Labute approximate surface area is 669 Å². The van der Waals surface area contributed by atoms with Crippen LogP contribution in [-0.4, -0.2) is 40.8 Å². The zero-order valence-corrected chi connectivity index (χ0v) is 64.3. The lowest BCUT2D eigenvalue weighted by Crippen LogP contribution is -2.59. The molecule has 6 aromatic heterocycles. The Morgan fingerprint density at radius 2 is 0.483 bits per heavy atom. The van der Waals surface area contributed by atoms with Crippen molar-refractivity contribution in [2.75, 3.05) is 0 Å². The first-order valence-electron chi connectivity index (χ1n) is 41.5. The third-order valence-electron chi connectivity index (χ3n) is 28.9. The molecule has 0 saturated heterocycles. The van der Waals surface area contributed by atoms with E-state index in [1.807, 2.05) is 0 Å². The summed E-state index contributed by atoms with van der Waals surface area (Å²) >= 11 is 0. The van der Waals surface area contributed by atoms with Gasteiger partial charge in [0.25, 0.3) is 0 Å². The fraction of sp³-hybridized carbons (Fsp3) is 0.0741. The summed E-state index contributed by atoms with van der Waals surface area (Å²) in [5.74, 6) is 0.764. The molecule has 0 saturated carbocycles. The van der Waals surface area contributed by atoms with Crippen molar-refractivity contribution in [3.63, 3.8) is 0 Å². The van der Waals surface area contributed by atoms with E-state index in [0.717, 1.165) is 17.0 Å². The fourth-order valence-electron chi connectivity index (χ4n) is 24.2. The molecule has 6 aliphatic heterocycles. The summed E-state index contributed by atoms with van der Waals surface area (Å²) in [5.41, 5.74) is 47.4. The monoisotopic (exact) mass is 1470 g/mol. The molecule has 0 bridgehead atoms. The van der Waals surface area contributed by atoms with Crippen LogP contribution in [0.5, 0.6) is 0 Å². The Hall–Kier alpha value is -14.1. The zero-order valence-electron chi connectivity index (χ0n) is 64.3. The van der Waals surface area contributed by atoms with Crippen molar-refractivity contribution in [1.82, 2.24) is 27.4 Å². The van der Waals surface area contributed by atoms with E-state index in [1.165, 1.54) is 237 Å². The molecule has 0 radical (unpaired) electrons. The van der Waals surface area contributed by atoms with Crippen molar-refractivity contribution in [2.45, 2.75) is 51.4 Å². The van der Waals surface area contributed by atoms with E-state index < -0.39 is 0 Å². The molecule has 6 nitrogen and oxygen atoms in total. The number of para-hydroxylation sites is 8. The molecule has 116 heavy (non-hydrogen) atoms. The minimum absolute atomic E-state index is 0.133. The van der Waals surface area contributed by atoms with Crippen molar-refractivity contribution >= 4 is 155 Å². The van der Waals surface area contributed by atoms with Gasteiger partial charge in [-0.3, -0.25) is 18.3 Å². The molecule has 4 unspecified atom stereocenters. The molecule has 0 amide bonds. The smallest absolute Gasteiger partial charge is 0.244 e. The van der Waals surface area contributed by atoms with E-state index in [1.54, 1.807) is 0 Å². The topological polar surface area (TPSA) is 29.6 Å². The number of aromatic nitrogens is 6. The molecule has 0 N–H and O–H groups in total. The first-order valence-corrected chi connectivity index (χ1v) is 41.5. The molecule has 0 aliphatic carbocycles. The molecule has 8 heteroatoms. The Morgan fingerprint density at radius 1 is 0.190 bits per heavy atom. The minimum atomic E-state index is 0.133. The molecule has 0 spiro atoms. The maximum Gasteiger partial charge on any atom is 0.244 e. The van der Waals surface area contributed by atoms with Gasteiger partial charge in [-0.25, -0.2) is 0 Å². The van der Waals surface area contributed by atoms with E-state index >= 15 is 0 Å². The highest BCUT2D eigenvalue weighted by molar-refractivity contribution is 7.01. The number of nitrogens with zero attached hydrogens (tertiary/aromatic N) is 6. The third-order valence-corrected chi connectivity index (χ3v) is 28.9. The van der Waals surface area contributed by atoms with Gasteiger partial charge in [0.1, 0.15) is 11.3 Å². The minimum Gasteiger partial charge on any atom is -0.309 e. The van der Waals surface area contributed by atoms with Gasteiger partial charge in [-0.05, 0) is 199 Å². The van der Waals surface area contributed by atoms with Crippen molar-refractivity contribution in [3.8, 4) is 67.5 Å². The summed E-state index contributed by atoms with van der Waals surface area (Å²) in [5, 5.41) is 12.6. The molecule has 0 fully saturated rings. The number of hydrogen-bond acceptors (Lipinski definition) is 0. The highest BCUT2D eigenvalue weighted by Gasteiger charge is 2.51. The number of benzene rings is 16. The molecular formula is C108H70B2N6. The molecule has 28 rings (SSSR count). The molecular weight excluding hydrogens is 1400 g/mol. The summed E-state index contributed by atoms with van der Waals surface area (Å²) in [6.07, 6.45) is 0. The van der Waals surface area contributed by atoms with Gasteiger partial charge in [0.15, 0.2) is 0 Å².